The van der Waals surface area contributed by atoms with Gasteiger partial charge in [0.2, 0.25) is 0 Å². The van der Waals surface area contributed by atoms with Gasteiger partial charge < -0.3 is 10.2 Å². The largest absolute Gasteiger partial charge is 0.334 e. The second-order valence-corrected chi connectivity index (χ2v) is 5.16. The van der Waals surface area contributed by atoms with Gasteiger partial charge in [-0.2, -0.15) is 5.10 Å². The van der Waals surface area contributed by atoms with Gasteiger partial charge in [0, 0.05) is 32.4 Å². The minimum atomic E-state index is 0. The van der Waals surface area contributed by atoms with Crippen molar-refractivity contribution in [2.75, 3.05) is 19.6 Å². The zero-order chi connectivity index (χ0) is 13.8. The van der Waals surface area contributed by atoms with Crippen LogP contribution in [0.15, 0.2) is 6.20 Å². The zero-order valence-electron chi connectivity index (χ0n) is 12.6. The number of amides is 1. The molecule has 0 saturated carbocycles. The molecule has 0 aliphatic carbocycles. The summed E-state index contributed by atoms with van der Waals surface area (Å²) in [5, 5.41) is 7.71. The maximum Gasteiger partial charge on any atom is 0.257 e. The Morgan fingerprint density at radius 2 is 2.30 bits per heavy atom. The van der Waals surface area contributed by atoms with Crippen LogP contribution in [-0.2, 0) is 13.5 Å². The number of carbonyl (C=O) groups is 1. The molecule has 2 heterocycles. The first-order chi connectivity index (χ1) is 9.17. The van der Waals surface area contributed by atoms with Crippen molar-refractivity contribution in [3.63, 3.8) is 0 Å². The normalized spacial score (nSPS) is 17.9. The summed E-state index contributed by atoms with van der Waals surface area (Å²) in [6.07, 6.45) is 4.69. The molecule has 6 heteroatoms. The van der Waals surface area contributed by atoms with Crippen molar-refractivity contribution in [3.8, 4) is 0 Å². The van der Waals surface area contributed by atoms with Crippen molar-refractivity contribution in [2.45, 2.75) is 39.2 Å². The fraction of sp³-hybridized carbons (Fsp3) is 0.714. The first-order valence-electron chi connectivity index (χ1n) is 7.21. The highest BCUT2D eigenvalue weighted by atomic mass is 35.5. The van der Waals surface area contributed by atoms with Crippen LogP contribution in [0.3, 0.4) is 0 Å². The number of hydrogen-bond donors (Lipinski definition) is 1. The molecule has 1 aromatic rings. The van der Waals surface area contributed by atoms with E-state index in [1.165, 1.54) is 0 Å². The van der Waals surface area contributed by atoms with E-state index in [-0.39, 0.29) is 18.3 Å². The van der Waals surface area contributed by atoms with Gasteiger partial charge >= 0.3 is 0 Å². The summed E-state index contributed by atoms with van der Waals surface area (Å²) in [4.78, 5) is 14.8. The number of aryl methyl sites for hydroxylation is 2. The molecule has 2 rings (SSSR count). The lowest BCUT2D eigenvalue weighted by atomic mass is 10.1. The number of rotatable bonds is 5. The van der Waals surface area contributed by atoms with E-state index in [2.05, 4.69) is 17.3 Å². The van der Waals surface area contributed by atoms with Gasteiger partial charge in [-0.3, -0.25) is 9.48 Å². The zero-order valence-corrected chi connectivity index (χ0v) is 13.4. The third kappa shape index (κ3) is 3.52. The second kappa shape index (κ2) is 7.64. The van der Waals surface area contributed by atoms with Gasteiger partial charge in [0.25, 0.3) is 5.91 Å². The summed E-state index contributed by atoms with van der Waals surface area (Å²) in [5.74, 6) is 0.139. The Morgan fingerprint density at radius 1 is 1.55 bits per heavy atom. The minimum absolute atomic E-state index is 0. The third-order valence-corrected chi connectivity index (χ3v) is 3.67. The number of carbonyl (C=O) groups excluding carboxylic acids is 1. The first kappa shape index (κ1) is 17.0. The van der Waals surface area contributed by atoms with Crippen LogP contribution in [0, 0.1) is 0 Å². The quantitative estimate of drug-likeness (QED) is 0.899. The summed E-state index contributed by atoms with van der Waals surface area (Å²) in [7, 11) is 1.87. The molecule has 1 unspecified atom stereocenters. The Kier molecular flexibility index (Phi) is 6.49. The van der Waals surface area contributed by atoms with Crippen LogP contribution in [0.5, 0.6) is 0 Å². The van der Waals surface area contributed by atoms with Crippen molar-refractivity contribution in [2.24, 2.45) is 7.05 Å². The molecule has 114 valence electrons. The molecule has 1 N–H and O–H groups in total. The summed E-state index contributed by atoms with van der Waals surface area (Å²) in [5.41, 5.74) is 1.67. The van der Waals surface area contributed by atoms with E-state index in [0.29, 0.717) is 6.04 Å². The van der Waals surface area contributed by atoms with Crippen LogP contribution in [0.1, 0.15) is 42.7 Å². The topological polar surface area (TPSA) is 50.2 Å². The van der Waals surface area contributed by atoms with Gasteiger partial charge in [-0.15, -0.1) is 12.4 Å². The van der Waals surface area contributed by atoms with Crippen LogP contribution >= 0.6 is 12.4 Å². The molecule has 1 aliphatic heterocycles. The lowest BCUT2D eigenvalue weighted by molar-refractivity contribution is 0.0691. The monoisotopic (exact) mass is 300 g/mol. The molecule has 1 aromatic heterocycles. The highest BCUT2D eigenvalue weighted by Crippen LogP contribution is 2.16. The van der Waals surface area contributed by atoms with E-state index in [1.54, 1.807) is 4.68 Å². The predicted octanol–water partition coefficient (Wildman–Crippen LogP) is 1.62. The molecule has 5 nitrogen and oxygen atoms in total. The van der Waals surface area contributed by atoms with Crippen molar-refractivity contribution in [1.29, 1.82) is 0 Å². The number of nitrogens with one attached hydrogen (secondary N) is 1. The maximum atomic E-state index is 12.8. The molecule has 0 spiro atoms. The van der Waals surface area contributed by atoms with Crippen LogP contribution in [0.4, 0.5) is 0 Å². The van der Waals surface area contributed by atoms with Crippen LogP contribution < -0.4 is 5.32 Å². The Balaban J connectivity index is 0.00000200. The van der Waals surface area contributed by atoms with E-state index in [9.17, 15) is 4.79 Å². The van der Waals surface area contributed by atoms with Crippen molar-refractivity contribution in [1.82, 2.24) is 20.0 Å². The molecular formula is C14H25ClN4O. The van der Waals surface area contributed by atoms with E-state index in [0.717, 1.165) is 50.2 Å². The fourth-order valence-corrected chi connectivity index (χ4v) is 2.73. The number of nitrogens with zero attached hydrogens (tertiary/aromatic N) is 3. The van der Waals surface area contributed by atoms with Crippen molar-refractivity contribution < 1.29 is 4.79 Å². The Labute approximate surface area is 127 Å². The molecular weight excluding hydrogens is 276 g/mol. The molecule has 1 amide bonds. The maximum absolute atomic E-state index is 12.8. The Bertz CT molecular complexity index is 440. The molecule has 1 atom stereocenters. The minimum Gasteiger partial charge on any atom is -0.334 e. The smallest absolute Gasteiger partial charge is 0.257 e. The molecule has 1 fully saturated rings. The predicted molar refractivity (Wildman–Crippen MR) is 82.4 cm³/mol. The van der Waals surface area contributed by atoms with Crippen LogP contribution in [0.25, 0.3) is 0 Å². The van der Waals surface area contributed by atoms with Crippen LogP contribution in [-0.4, -0.2) is 46.3 Å². The fourth-order valence-electron chi connectivity index (χ4n) is 2.73. The van der Waals surface area contributed by atoms with E-state index in [4.69, 9.17) is 0 Å². The summed E-state index contributed by atoms with van der Waals surface area (Å²) < 4.78 is 1.74. The number of hydrogen-bond acceptors (Lipinski definition) is 3. The van der Waals surface area contributed by atoms with Gasteiger partial charge in [-0.25, -0.2) is 0 Å². The average Bonchev–Trinajstić information content (AvgIpc) is 3.04. The Hall–Kier alpha value is -1.07. The lowest BCUT2D eigenvalue weighted by Crippen LogP contribution is -2.42. The first-order valence-corrected chi connectivity index (χ1v) is 7.21. The summed E-state index contributed by atoms with van der Waals surface area (Å²) >= 11 is 0. The van der Waals surface area contributed by atoms with Gasteiger partial charge in [-0.05, 0) is 25.8 Å². The van der Waals surface area contributed by atoms with Gasteiger partial charge in [-0.1, -0.05) is 13.8 Å². The lowest BCUT2D eigenvalue weighted by Gasteiger charge is -2.28. The Morgan fingerprint density at radius 3 is 2.85 bits per heavy atom. The van der Waals surface area contributed by atoms with E-state index < -0.39 is 0 Å². The van der Waals surface area contributed by atoms with Gasteiger partial charge in [0.1, 0.15) is 0 Å². The summed E-state index contributed by atoms with van der Waals surface area (Å²) in [6, 6.07) is 0.331. The van der Waals surface area contributed by atoms with Gasteiger partial charge in [0.15, 0.2) is 0 Å². The SMILES string of the molecule is CCCN(C(=O)c1cn(C)nc1CC)C1CCNC1.Cl. The average molecular weight is 301 g/mol. The molecule has 1 saturated heterocycles. The highest BCUT2D eigenvalue weighted by molar-refractivity contribution is 5.95. The van der Waals surface area contributed by atoms with Crippen molar-refractivity contribution >= 4 is 18.3 Å². The molecule has 0 radical (unpaired) electrons. The van der Waals surface area contributed by atoms with Crippen LogP contribution in [0.2, 0.25) is 0 Å². The van der Waals surface area contributed by atoms with E-state index in [1.807, 2.05) is 25.1 Å². The standard InChI is InChI=1S/C14H24N4O.ClH/c1-4-8-18(11-6-7-15-9-11)14(19)12-10-17(3)16-13(12)5-2;/h10-11,15H,4-9H2,1-3H3;1H. The second-order valence-electron chi connectivity index (χ2n) is 5.16. The number of aromatic nitrogens is 2. The highest BCUT2D eigenvalue weighted by Gasteiger charge is 2.28. The van der Waals surface area contributed by atoms with Crippen molar-refractivity contribution in [3.05, 3.63) is 17.5 Å². The molecule has 20 heavy (non-hydrogen) atoms. The molecule has 0 aromatic carbocycles. The summed E-state index contributed by atoms with van der Waals surface area (Å²) in [6.45, 7) is 6.90. The van der Waals surface area contributed by atoms with E-state index >= 15 is 0 Å². The number of halogens is 1. The molecule has 0 bridgehead atoms. The molecule has 1 aliphatic rings. The third-order valence-electron chi connectivity index (χ3n) is 3.67. The van der Waals surface area contributed by atoms with Gasteiger partial charge in [0.05, 0.1) is 11.3 Å².